The van der Waals surface area contributed by atoms with Crippen molar-refractivity contribution in [2.75, 3.05) is 13.7 Å². The van der Waals surface area contributed by atoms with Gasteiger partial charge in [0.2, 0.25) is 0 Å². The van der Waals surface area contributed by atoms with Crippen LogP contribution in [0.4, 0.5) is 0 Å². The molecule has 3 rings (SSSR count). The molecule has 0 aliphatic heterocycles. The van der Waals surface area contributed by atoms with Crippen LogP contribution in [0.15, 0.2) is 60.8 Å². The Labute approximate surface area is 129 Å². The van der Waals surface area contributed by atoms with Gasteiger partial charge in [-0.15, -0.1) is 0 Å². The summed E-state index contributed by atoms with van der Waals surface area (Å²) in [7, 11) is 1.64. The molecule has 114 valence electrons. The monoisotopic (exact) mass is 297 g/mol. The van der Waals surface area contributed by atoms with Gasteiger partial charge < -0.3 is 19.5 Å². The first-order valence-electron chi connectivity index (χ1n) is 7.23. The molecule has 2 atom stereocenters. The fourth-order valence-corrected chi connectivity index (χ4v) is 2.83. The molecule has 0 saturated heterocycles. The topological polar surface area (TPSA) is 54.6 Å². The summed E-state index contributed by atoms with van der Waals surface area (Å²) in [6, 6.07) is 17.2. The van der Waals surface area contributed by atoms with E-state index >= 15 is 0 Å². The largest absolute Gasteiger partial charge is 0.497 e. The number of hydrogen-bond donors (Lipinski definition) is 2. The molecule has 0 spiro atoms. The maximum Gasteiger partial charge on any atom is 0.119 e. The summed E-state index contributed by atoms with van der Waals surface area (Å²) in [5.74, 6) is 0.796. The second kappa shape index (κ2) is 6.22. The smallest absolute Gasteiger partial charge is 0.119 e. The van der Waals surface area contributed by atoms with Crippen LogP contribution in [0.25, 0.3) is 10.9 Å². The molecule has 3 aromatic rings. The average Bonchev–Trinajstić information content (AvgIpc) is 2.98. The lowest BCUT2D eigenvalue weighted by atomic mass is 10.0. The van der Waals surface area contributed by atoms with Gasteiger partial charge in [-0.1, -0.05) is 30.3 Å². The zero-order valence-electron chi connectivity index (χ0n) is 12.4. The van der Waals surface area contributed by atoms with E-state index in [4.69, 9.17) is 4.74 Å². The zero-order chi connectivity index (χ0) is 15.5. The number of fused-ring (bicyclic) bond motifs is 1. The number of ether oxygens (including phenoxy) is 1. The summed E-state index contributed by atoms with van der Waals surface area (Å²) in [4.78, 5) is 0. The van der Waals surface area contributed by atoms with E-state index in [2.05, 4.69) is 0 Å². The van der Waals surface area contributed by atoms with Crippen LogP contribution in [0.3, 0.4) is 0 Å². The lowest BCUT2D eigenvalue weighted by molar-refractivity contribution is 0.0654. The van der Waals surface area contributed by atoms with Crippen LogP contribution in [-0.2, 0) is 0 Å². The van der Waals surface area contributed by atoms with E-state index in [1.54, 1.807) is 7.11 Å². The fraction of sp³-hybridized carbons (Fsp3) is 0.222. The molecule has 22 heavy (non-hydrogen) atoms. The summed E-state index contributed by atoms with van der Waals surface area (Å²) in [5.41, 5.74) is 1.94. The van der Waals surface area contributed by atoms with Crippen molar-refractivity contribution in [2.24, 2.45) is 0 Å². The van der Waals surface area contributed by atoms with E-state index in [0.29, 0.717) is 0 Å². The molecule has 1 aromatic heterocycles. The fourth-order valence-electron chi connectivity index (χ4n) is 2.83. The molecule has 0 saturated carbocycles. The lowest BCUT2D eigenvalue weighted by Gasteiger charge is -2.25. The third-order valence-corrected chi connectivity index (χ3v) is 3.92. The first-order valence-corrected chi connectivity index (χ1v) is 7.23. The lowest BCUT2D eigenvalue weighted by Crippen LogP contribution is -2.27. The summed E-state index contributed by atoms with van der Waals surface area (Å²) < 4.78 is 7.24. The predicted octanol–water partition coefficient (Wildman–Crippen LogP) is 2.59. The third kappa shape index (κ3) is 2.58. The first kappa shape index (κ1) is 14.6. The summed E-state index contributed by atoms with van der Waals surface area (Å²) in [5, 5.41) is 20.8. The Kier molecular flexibility index (Phi) is 4.13. The number of rotatable bonds is 5. The van der Waals surface area contributed by atoms with Gasteiger partial charge in [-0.05, 0) is 29.8 Å². The van der Waals surface area contributed by atoms with Gasteiger partial charge in [-0.3, -0.25) is 0 Å². The highest BCUT2D eigenvalue weighted by atomic mass is 16.5. The molecule has 4 heteroatoms. The normalized spacial score (nSPS) is 14.0. The molecular weight excluding hydrogens is 278 g/mol. The minimum absolute atomic E-state index is 0.296. The molecule has 0 aliphatic rings. The van der Waals surface area contributed by atoms with Crippen LogP contribution >= 0.6 is 0 Å². The zero-order valence-corrected chi connectivity index (χ0v) is 12.4. The molecule has 1 heterocycles. The molecule has 0 bridgehead atoms. The molecule has 0 fully saturated rings. The second-order valence-corrected chi connectivity index (χ2v) is 5.25. The SMILES string of the molecule is COc1ccc2c(ccn2C(c2ccccc2)C(O)CO)c1. The van der Waals surface area contributed by atoms with E-state index in [1.807, 2.05) is 65.4 Å². The number of nitrogens with zero attached hydrogens (tertiary/aromatic N) is 1. The molecular formula is C18H19NO3. The minimum Gasteiger partial charge on any atom is -0.497 e. The Balaban J connectivity index is 2.12. The van der Waals surface area contributed by atoms with Gasteiger partial charge in [-0.25, -0.2) is 0 Å². The number of aromatic nitrogens is 1. The van der Waals surface area contributed by atoms with Gasteiger partial charge in [0.15, 0.2) is 0 Å². The maximum absolute atomic E-state index is 10.3. The van der Waals surface area contributed by atoms with E-state index in [1.165, 1.54) is 0 Å². The van der Waals surface area contributed by atoms with Gasteiger partial charge in [0.25, 0.3) is 0 Å². The van der Waals surface area contributed by atoms with E-state index in [-0.39, 0.29) is 12.6 Å². The molecule has 4 nitrogen and oxygen atoms in total. The number of aliphatic hydroxyl groups is 2. The highest BCUT2D eigenvalue weighted by Crippen LogP contribution is 2.29. The number of aliphatic hydroxyl groups excluding tert-OH is 2. The summed E-state index contributed by atoms with van der Waals surface area (Å²) >= 11 is 0. The van der Waals surface area contributed by atoms with Crippen molar-refractivity contribution in [3.05, 3.63) is 66.4 Å². The average molecular weight is 297 g/mol. The standard InChI is InChI=1S/C18H19NO3/c1-22-15-7-8-16-14(11-15)9-10-19(16)18(17(21)12-20)13-5-3-2-4-6-13/h2-11,17-18,20-21H,12H2,1H3. The van der Waals surface area contributed by atoms with Crippen LogP contribution in [0.2, 0.25) is 0 Å². The number of benzene rings is 2. The molecule has 2 unspecified atom stereocenters. The van der Waals surface area contributed by atoms with Crippen molar-refractivity contribution in [1.82, 2.24) is 4.57 Å². The van der Waals surface area contributed by atoms with Gasteiger partial charge in [-0.2, -0.15) is 0 Å². The Morgan fingerprint density at radius 3 is 2.55 bits per heavy atom. The van der Waals surface area contributed by atoms with E-state index < -0.39 is 6.10 Å². The first-order chi connectivity index (χ1) is 10.7. The summed E-state index contributed by atoms with van der Waals surface area (Å²) in [6.07, 6.45) is 1.06. The highest BCUT2D eigenvalue weighted by molar-refractivity contribution is 5.82. The Morgan fingerprint density at radius 2 is 1.86 bits per heavy atom. The summed E-state index contributed by atoms with van der Waals surface area (Å²) in [6.45, 7) is -0.296. The van der Waals surface area contributed by atoms with Crippen molar-refractivity contribution in [1.29, 1.82) is 0 Å². The molecule has 0 amide bonds. The second-order valence-electron chi connectivity index (χ2n) is 5.25. The van der Waals surface area contributed by atoms with Gasteiger partial charge >= 0.3 is 0 Å². The van der Waals surface area contributed by atoms with Gasteiger partial charge in [0.1, 0.15) is 11.9 Å². The van der Waals surface area contributed by atoms with Crippen molar-refractivity contribution in [3.8, 4) is 5.75 Å². The Hall–Kier alpha value is -2.30. The number of hydrogen-bond acceptors (Lipinski definition) is 3. The highest BCUT2D eigenvalue weighted by Gasteiger charge is 2.23. The van der Waals surface area contributed by atoms with Crippen LogP contribution < -0.4 is 4.74 Å². The Bertz CT molecular complexity index is 751. The van der Waals surface area contributed by atoms with Crippen LogP contribution in [0.5, 0.6) is 5.75 Å². The third-order valence-electron chi connectivity index (χ3n) is 3.92. The minimum atomic E-state index is -0.875. The molecule has 2 N–H and O–H groups in total. The van der Waals surface area contributed by atoms with Crippen molar-refractivity contribution in [3.63, 3.8) is 0 Å². The molecule has 0 aliphatic carbocycles. The van der Waals surface area contributed by atoms with Crippen molar-refractivity contribution >= 4 is 10.9 Å². The van der Waals surface area contributed by atoms with E-state index in [9.17, 15) is 10.2 Å². The van der Waals surface area contributed by atoms with E-state index in [0.717, 1.165) is 22.2 Å². The van der Waals surface area contributed by atoms with Crippen LogP contribution in [0, 0.1) is 0 Å². The van der Waals surface area contributed by atoms with Gasteiger partial charge in [0.05, 0.1) is 19.8 Å². The quantitative estimate of drug-likeness (QED) is 0.761. The molecule has 2 aromatic carbocycles. The Morgan fingerprint density at radius 1 is 1.09 bits per heavy atom. The number of methoxy groups -OCH3 is 1. The van der Waals surface area contributed by atoms with Crippen molar-refractivity contribution in [2.45, 2.75) is 12.1 Å². The molecule has 0 radical (unpaired) electrons. The van der Waals surface area contributed by atoms with Crippen molar-refractivity contribution < 1.29 is 14.9 Å². The van der Waals surface area contributed by atoms with Gasteiger partial charge in [0, 0.05) is 17.1 Å². The van der Waals surface area contributed by atoms with Crippen LogP contribution in [-0.4, -0.2) is 34.6 Å². The van der Waals surface area contributed by atoms with Crippen LogP contribution in [0.1, 0.15) is 11.6 Å². The maximum atomic E-state index is 10.3. The predicted molar refractivity (Wildman–Crippen MR) is 86.2 cm³/mol.